The Labute approximate surface area is 64.4 Å². The predicted octanol–water partition coefficient (Wildman–Crippen LogP) is -1.12. The van der Waals surface area contributed by atoms with E-state index in [9.17, 15) is 0 Å². The molecule has 0 radical (unpaired) electrons. The zero-order chi connectivity index (χ0) is 9.28. The molecule has 0 spiro atoms. The molecule has 0 aliphatic carbocycles. The molecule has 0 fully saturated rings. The third-order valence-corrected chi connectivity index (χ3v) is 0.803. The van der Waals surface area contributed by atoms with Gasteiger partial charge in [-0.25, -0.2) is 4.79 Å². The second-order valence-electron chi connectivity index (χ2n) is 1.79. The summed E-state index contributed by atoms with van der Waals surface area (Å²) >= 11 is 0. The summed E-state index contributed by atoms with van der Waals surface area (Å²) in [6.45, 7) is 0.596. The Kier molecular flexibility index (Phi) is 10.6. The van der Waals surface area contributed by atoms with Crippen LogP contribution >= 0.6 is 0 Å². The summed E-state index contributed by atoms with van der Waals surface area (Å²) in [6.07, 6.45) is -1.23. The van der Waals surface area contributed by atoms with Gasteiger partial charge in [0.25, 0.3) is 0 Å². The topological polar surface area (TPSA) is 130 Å². The number of carbonyl (C=O) groups is 1. The van der Waals surface area contributed by atoms with Gasteiger partial charge in [0.15, 0.2) is 0 Å². The molecule has 0 aliphatic heterocycles. The molecular formula is C5H14N2O4. The van der Waals surface area contributed by atoms with E-state index in [4.69, 9.17) is 31.6 Å². The highest BCUT2D eigenvalue weighted by atomic mass is 16.6. The molecule has 0 rings (SSSR count). The maximum absolute atomic E-state index is 8.56. The lowest BCUT2D eigenvalue weighted by Gasteiger charge is -2.02. The van der Waals surface area contributed by atoms with Crippen molar-refractivity contribution in [3.05, 3.63) is 0 Å². The molecule has 0 bridgehead atoms. The van der Waals surface area contributed by atoms with Crippen LogP contribution < -0.4 is 11.5 Å². The molecule has 0 heterocycles. The Morgan fingerprint density at radius 2 is 1.82 bits per heavy atom. The summed E-state index contributed by atoms with van der Waals surface area (Å²) in [7, 11) is 0. The van der Waals surface area contributed by atoms with E-state index in [1.165, 1.54) is 0 Å². The zero-order valence-electron chi connectivity index (χ0n) is 6.10. The van der Waals surface area contributed by atoms with Crippen molar-refractivity contribution in [2.24, 2.45) is 11.5 Å². The number of aliphatic hydroxyl groups is 1. The van der Waals surface area contributed by atoms with Crippen molar-refractivity contribution in [1.29, 1.82) is 0 Å². The van der Waals surface area contributed by atoms with Gasteiger partial charge in [0.1, 0.15) is 0 Å². The molecule has 6 nitrogen and oxygen atoms in total. The fraction of sp³-hybridized carbons (Fsp3) is 0.800. The fourth-order valence-electron chi connectivity index (χ4n) is 0.284. The molecular weight excluding hydrogens is 152 g/mol. The lowest BCUT2D eigenvalue weighted by Crippen LogP contribution is -2.30. The van der Waals surface area contributed by atoms with Gasteiger partial charge in [0.2, 0.25) is 0 Å². The number of nitrogens with two attached hydrogens (primary N) is 2. The van der Waals surface area contributed by atoms with Gasteiger partial charge < -0.3 is 26.8 Å². The van der Waals surface area contributed by atoms with E-state index >= 15 is 0 Å². The highest BCUT2D eigenvalue weighted by Gasteiger charge is 1.93. The summed E-state index contributed by atoms with van der Waals surface area (Å²) < 4.78 is 0. The van der Waals surface area contributed by atoms with Crippen LogP contribution in [0.25, 0.3) is 0 Å². The van der Waals surface area contributed by atoms with E-state index in [1.54, 1.807) is 0 Å². The number of aliphatic hydroxyl groups excluding tert-OH is 1. The maximum Gasteiger partial charge on any atom is 0.503 e. The van der Waals surface area contributed by atoms with Crippen LogP contribution in [0.5, 0.6) is 0 Å². The molecule has 68 valence electrons. The Morgan fingerprint density at radius 1 is 1.45 bits per heavy atom. The summed E-state index contributed by atoms with van der Waals surface area (Å²) in [5.41, 5.74) is 10.4. The monoisotopic (exact) mass is 166 g/mol. The van der Waals surface area contributed by atoms with Crippen molar-refractivity contribution in [3.63, 3.8) is 0 Å². The van der Waals surface area contributed by atoms with E-state index in [0.717, 1.165) is 0 Å². The second kappa shape index (κ2) is 9.15. The first-order chi connectivity index (χ1) is 5.04. The number of rotatable bonds is 3. The molecule has 0 aliphatic rings. The first-order valence-corrected chi connectivity index (χ1v) is 3.03. The Balaban J connectivity index is 0. The molecule has 0 amide bonds. The molecule has 11 heavy (non-hydrogen) atoms. The summed E-state index contributed by atoms with van der Waals surface area (Å²) in [5, 5.41) is 22.2. The minimum Gasteiger partial charge on any atom is -0.450 e. The summed E-state index contributed by atoms with van der Waals surface area (Å²) in [6, 6.07) is -0.0231. The Morgan fingerprint density at radius 3 is 1.91 bits per heavy atom. The van der Waals surface area contributed by atoms with Crippen LogP contribution in [0.3, 0.4) is 0 Å². The third kappa shape index (κ3) is 27.2. The first-order valence-electron chi connectivity index (χ1n) is 3.03. The minimum absolute atomic E-state index is 0.0231. The van der Waals surface area contributed by atoms with Crippen LogP contribution in [0.2, 0.25) is 0 Å². The molecule has 7 N–H and O–H groups in total. The van der Waals surface area contributed by atoms with Crippen molar-refractivity contribution in [2.75, 3.05) is 13.2 Å². The van der Waals surface area contributed by atoms with Crippen molar-refractivity contribution in [2.45, 2.75) is 12.5 Å². The van der Waals surface area contributed by atoms with Gasteiger partial charge in [0, 0.05) is 19.2 Å². The summed E-state index contributed by atoms with van der Waals surface area (Å²) in [4.78, 5) is 8.56. The van der Waals surface area contributed by atoms with Crippen LogP contribution in [0.15, 0.2) is 0 Å². The average molecular weight is 166 g/mol. The van der Waals surface area contributed by atoms with E-state index < -0.39 is 6.16 Å². The quantitative estimate of drug-likeness (QED) is 0.361. The minimum atomic E-state index is -1.83. The van der Waals surface area contributed by atoms with E-state index in [1.807, 2.05) is 0 Å². The van der Waals surface area contributed by atoms with Gasteiger partial charge in [-0.2, -0.15) is 0 Å². The number of carboxylic acid groups (broad SMARTS) is 2. The average Bonchev–Trinajstić information content (AvgIpc) is 1.87. The smallest absolute Gasteiger partial charge is 0.450 e. The Bertz CT molecular complexity index is 94.5. The first kappa shape index (κ1) is 12.8. The third-order valence-electron chi connectivity index (χ3n) is 0.803. The molecule has 1 atom stereocenters. The molecule has 0 aromatic carbocycles. The zero-order valence-corrected chi connectivity index (χ0v) is 6.10. The van der Waals surface area contributed by atoms with E-state index in [0.29, 0.717) is 13.0 Å². The van der Waals surface area contributed by atoms with Crippen molar-refractivity contribution >= 4 is 6.16 Å². The number of hydrogen-bond acceptors (Lipinski definition) is 4. The molecule has 0 saturated heterocycles. The van der Waals surface area contributed by atoms with Crippen LogP contribution in [0.4, 0.5) is 4.79 Å². The lowest BCUT2D eigenvalue weighted by molar-refractivity contribution is 0.137. The van der Waals surface area contributed by atoms with Crippen LogP contribution in [0.1, 0.15) is 6.42 Å². The van der Waals surface area contributed by atoms with Gasteiger partial charge in [-0.15, -0.1) is 0 Å². The van der Waals surface area contributed by atoms with Gasteiger partial charge in [0.05, 0.1) is 0 Å². The predicted molar refractivity (Wildman–Crippen MR) is 39.4 cm³/mol. The molecule has 1 unspecified atom stereocenters. The van der Waals surface area contributed by atoms with Gasteiger partial charge in [-0.1, -0.05) is 0 Å². The van der Waals surface area contributed by atoms with Crippen molar-refractivity contribution in [3.8, 4) is 0 Å². The van der Waals surface area contributed by atoms with E-state index in [2.05, 4.69) is 0 Å². The standard InChI is InChI=1S/C4H12N2O.CH2O3/c5-3-4(6)1-2-7;2-1(3)4/h4,7H,1-3,5-6H2;(H2,2,3,4). The number of hydrogen-bond donors (Lipinski definition) is 5. The van der Waals surface area contributed by atoms with Crippen molar-refractivity contribution < 1.29 is 20.1 Å². The van der Waals surface area contributed by atoms with Crippen LogP contribution in [0, 0.1) is 0 Å². The SMILES string of the molecule is NCC(N)CCO.O=C(O)O. The molecule has 0 aromatic heterocycles. The summed E-state index contributed by atoms with van der Waals surface area (Å²) in [5.74, 6) is 0. The van der Waals surface area contributed by atoms with E-state index in [-0.39, 0.29) is 12.6 Å². The van der Waals surface area contributed by atoms with Gasteiger partial charge in [-0.05, 0) is 6.42 Å². The van der Waals surface area contributed by atoms with Crippen molar-refractivity contribution in [1.82, 2.24) is 0 Å². The lowest BCUT2D eigenvalue weighted by atomic mass is 10.2. The van der Waals surface area contributed by atoms with Gasteiger partial charge >= 0.3 is 6.16 Å². The molecule has 0 aromatic rings. The second-order valence-corrected chi connectivity index (χ2v) is 1.79. The Hall–Kier alpha value is -0.850. The molecule has 0 saturated carbocycles. The highest BCUT2D eigenvalue weighted by Crippen LogP contribution is 1.79. The van der Waals surface area contributed by atoms with Gasteiger partial charge in [-0.3, -0.25) is 0 Å². The van der Waals surface area contributed by atoms with Crippen LogP contribution in [-0.4, -0.2) is 40.7 Å². The largest absolute Gasteiger partial charge is 0.503 e. The molecule has 6 heteroatoms. The normalized spacial score (nSPS) is 11.2. The van der Waals surface area contributed by atoms with Crippen LogP contribution in [-0.2, 0) is 0 Å². The maximum atomic E-state index is 8.56. The highest BCUT2D eigenvalue weighted by molar-refractivity contribution is 5.53. The fourth-order valence-corrected chi connectivity index (χ4v) is 0.284.